The summed E-state index contributed by atoms with van der Waals surface area (Å²) in [4.78, 5) is 17.9. The molecule has 1 aromatic heterocycles. The normalized spacial score (nSPS) is 15.2. The van der Waals surface area contributed by atoms with E-state index in [4.69, 9.17) is 9.84 Å². The van der Waals surface area contributed by atoms with Crippen molar-refractivity contribution < 1.29 is 19.7 Å². The highest BCUT2D eigenvalue weighted by Gasteiger charge is 2.34. The van der Waals surface area contributed by atoms with Gasteiger partial charge in [-0.25, -0.2) is 4.68 Å². The smallest absolute Gasteiger partial charge is 0.255 e. The molecule has 9 heteroatoms. The van der Waals surface area contributed by atoms with E-state index in [0.717, 1.165) is 5.56 Å². The zero-order chi connectivity index (χ0) is 22.7. The standard InChI is InChI=1S/C23H25N5O4/c1-14-20(22(31)25-16-7-11-18(32-2)12-8-16)21(15-5-9-17(30)10-6-15)28-23(24-14)26-19(27-28)4-3-13-29/h5-12,21,29-30H,3-4,13H2,1-2H3,(H,25,31)(H,24,26,27)/t21-/m1/s1. The molecule has 1 amide bonds. The van der Waals surface area contributed by atoms with Crippen molar-refractivity contribution in [3.8, 4) is 11.5 Å². The van der Waals surface area contributed by atoms with Crippen molar-refractivity contribution in [2.75, 3.05) is 24.4 Å². The van der Waals surface area contributed by atoms with Crippen molar-refractivity contribution in [2.45, 2.75) is 25.8 Å². The minimum atomic E-state index is -0.541. The number of hydrogen-bond acceptors (Lipinski definition) is 7. The third-order valence-electron chi connectivity index (χ3n) is 5.26. The Hall–Kier alpha value is -3.85. The van der Waals surface area contributed by atoms with Crippen LogP contribution in [-0.4, -0.2) is 44.6 Å². The number of anilines is 2. The predicted octanol–water partition coefficient (Wildman–Crippen LogP) is 2.84. The maximum Gasteiger partial charge on any atom is 0.255 e. The first-order valence-corrected chi connectivity index (χ1v) is 10.3. The summed E-state index contributed by atoms with van der Waals surface area (Å²) in [5.41, 5.74) is 2.55. The second-order valence-corrected chi connectivity index (χ2v) is 7.46. The molecule has 0 aliphatic carbocycles. The van der Waals surface area contributed by atoms with E-state index in [-0.39, 0.29) is 18.3 Å². The van der Waals surface area contributed by atoms with Crippen LogP contribution in [0.1, 0.15) is 30.8 Å². The van der Waals surface area contributed by atoms with Gasteiger partial charge >= 0.3 is 0 Å². The lowest BCUT2D eigenvalue weighted by atomic mass is 9.95. The number of nitrogens with zero attached hydrogens (tertiary/aromatic N) is 3. The van der Waals surface area contributed by atoms with Gasteiger partial charge < -0.3 is 25.6 Å². The molecule has 4 N–H and O–H groups in total. The molecule has 4 rings (SSSR count). The lowest BCUT2D eigenvalue weighted by Gasteiger charge is -2.28. The minimum absolute atomic E-state index is 0.0471. The lowest BCUT2D eigenvalue weighted by molar-refractivity contribution is -0.113. The average molecular weight is 435 g/mol. The molecule has 9 nitrogen and oxygen atoms in total. The number of fused-ring (bicyclic) bond motifs is 1. The number of aliphatic hydroxyl groups is 1. The van der Waals surface area contributed by atoms with Crippen LogP contribution in [0.4, 0.5) is 11.6 Å². The Morgan fingerprint density at radius 3 is 2.56 bits per heavy atom. The number of aromatic nitrogens is 3. The van der Waals surface area contributed by atoms with Gasteiger partial charge in [-0.15, -0.1) is 0 Å². The van der Waals surface area contributed by atoms with E-state index in [1.54, 1.807) is 60.3 Å². The minimum Gasteiger partial charge on any atom is -0.508 e. The van der Waals surface area contributed by atoms with Gasteiger partial charge in [-0.3, -0.25) is 4.79 Å². The number of amides is 1. The fourth-order valence-corrected chi connectivity index (χ4v) is 3.67. The van der Waals surface area contributed by atoms with Gasteiger partial charge in [-0.1, -0.05) is 12.1 Å². The molecule has 3 aromatic rings. The summed E-state index contributed by atoms with van der Waals surface area (Å²) < 4.78 is 6.85. The van der Waals surface area contributed by atoms with E-state index in [2.05, 4.69) is 20.7 Å². The molecule has 2 aromatic carbocycles. The Morgan fingerprint density at radius 2 is 1.91 bits per heavy atom. The number of carbonyl (C=O) groups excluding carboxylic acids is 1. The van der Waals surface area contributed by atoms with Crippen molar-refractivity contribution >= 4 is 17.5 Å². The molecule has 2 heterocycles. The zero-order valence-electron chi connectivity index (χ0n) is 17.9. The van der Waals surface area contributed by atoms with E-state index in [1.165, 1.54) is 0 Å². The third-order valence-corrected chi connectivity index (χ3v) is 5.26. The van der Waals surface area contributed by atoms with Gasteiger partial charge in [0.2, 0.25) is 5.95 Å². The molecule has 0 fully saturated rings. The Labute approximate surface area is 185 Å². The van der Waals surface area contributed by atoms with E-state index in [1.807, 2.05) is 6.92 Å². The number of benzene rings is 2. The Kier molecular flexibility index (Phi) is 6.09. The summed E-state index contributed by atoms with van der Waals surface area (Å²) in [5.74, 6) is 1.65. The monoisotopic (exact) mass is 435 g/mol. The molecular weight excluding hydrogens is 410 g/mol. The van der Waals surface area contributed by atoms with Crippen molar-refractivity contribution in [1.29, 1.82) is 0 Å². The highest BCUT2D eigenvalue weighted by molar-refractivity contribution is 6.06. The first-order valence-electron chi connectivity index (χ1n) is 10.3. The Balaban J connectivity index is 1.71. The number of aryl methyl sites for hydroxylation is 1. The average Bonchev–Trinajstić information content (AvgIpc) is 3.20. The lowest BCUT2D eigenvalue weighted by Crippen LogP contribution is -2.31. The van der Waals surface area contributed by atoms with E-state index < -0.39 is 6.04 Å². The van der Waals surface area contributed by atoms with Crippen LogP contribution in [0.2, 0.25) is 0 Å². The second kappa shape index (κ2) is 9.11. The molecule has 1 aliphatic heterocycles. The number of phenolic OH excluding ortho intramolecular Hbond substituents is 1. The van der Waals surface area contributed by atoms with E-state index in [0.29, 0.717) is 47.3 Å². The first kappa shape index (κ1) is 21.4. The van der Waals surface area contributed by atoms with E-state index >= 15 is 0 Å². The van der Waals surface area contributed by atoms with Crippen LogP contribution in [0.15, 0.2) is 59.8 Å². The summed E-state index contributed by atoms with van der Waals surface area (Å²) in [5, 5.41) is 29.6. The number of rotatable bonds is 7. The number of phenols is 1. The number of methoxy groups -OCH3 is 1. The van der Waals surface area contributed by atoms with Crippen LogP contribution in [0.5, 0.6) is 11.5 Å². The molecular formula is C23H25N5O4. The molecule has 0 saturated carbocycles. The molecule has 1 atom stereocenters. The van der Waals surface area contributed by atoms with Crippen LogP contribution in [0.25, 0.3) is 0 Å². The van der Waals surface area contributed by atoms with Crippen LogP contribution in [0.3, 0.4) is 0 Å². The molecule has 0 radical (unpaired) electrons. The molecule has 0 unspecified atom stereocenters. The maximum absolute atomic E-state index is 13.4. The van der Waals surface area contributed by atoms with Gasteiger partial charge in [0.1, 0.15) is 17.5 Å². The number of ether oxygens (including phenoxy) is 1. The van der Waals surface area contributed by atoms with Crippen LogP contribution in [0, 0.1) is 0 Å². The SMILES string of the molecule is COc1ccc(NC(=O)C2=C(C)Nc3nc(CCCO)nn3[C@@H]2c2ccc(O)cc2)cc1. The number of allylic oxidation sites excluding steroid dienone is 1. The fraction of sp³-hybridized carbons (Fsp3) is 0.261. The summed E-state index contributed by atoms with van der Waals surface area (Å²) in [6, 6.07) is 13.2. The Morgan fingerprint density at radius 1 is 1.19 bits per heavy atom. The number of aliphatic hydroxyl groups excluding tert-OH is 1. The van der Waals surface area contributed by atoms with Crippen LogP contribution in [-0.2, 0) is 11.2 Å². The largest absolute Gasteiger partial charge is 0.508 e. The topological polar surface area (TPSA) is 122 Å². The van der Waals surface area contributed by atoms with Gasteiger partial charge in [0.25, 0.3) is 5.91 Å². The molecule has 0 saturated heterocycles. The van der Waals surface area contributed by atoms with Gasteiger partial charge in [-0.05, 0) is 55.3 Å². The van der Waals surface area contributed by atoms with Crippen molar-refractivity contribution in [3.05, 3.63) is 71.2 Å². The molecule has 32 heavy (non-hydrogen) atoms. The fourth-order valence-electron chi connectivity index (χ4n) is 3.67. The van der Waals surface area contributed by atoms with Gasteiger partial charge in [0.15, 0.2) is 5.82 Å². The van der Waals surface area contributed by atoms with Crippen molar-refractivity contribution in [1.82, 2.24) is 14.8 Å². The Bertz CT molecular complexity index is 1140. The maximum atomic E-state index is 13.4. The van der Waals surface area contributed by atoms with Crippen molar-refractivity contribution in [2.24, 2.45) is 0 Å². The highest BCUT2D eigenvalue weighted by Crippen LogP contribution is 2.36. The van der Waals surface area contributed by atoms with Crippen LogP contribution >= 0.6 is 0 Å². The molecule has 0 bridgehead atoms. The number of nitrogens with one attached hydrogen (secondary N) is 2. The molecule has 1 aliphatic rings. The van der Waals surface area contributed by atoms with Crippen molar-refractivity contribution in [3.63, 3.8) is 0 Å². The summed E-state index contributed by atoms with van der Waals surface area (Å²) in [6.07, 6.45) is 1.07. The quantitative estimate of drug-likeness (QED) is 0.450. The molecule has 166 valence electrons. The molecule has 0 spiro atoms. The zero-order valence-corrected chi connectivity index (χ0v) is 17.9. The third kappa shape index (κ3) is 4.28. The van der Waals surface area contributed by atoms with Gasteiger partial charge in [0.05, 0.1) is 12.7 Å². The number of aromatic hydroxyl groups is 1. The highest BCUT2D eigenvalue weighted by atomic mass is 16.5. The predicted molar refractivity (Wildman–Crippen MR) is 120 cm³/mol. The summed E-state index contributed by atoms with van der Waals surface area (Å²) >= 11 is 0. The van der Waals surface area contributed by atoms with Crippen LogP contribution < -0.4 is 15.4 Å². The van der Waals surface area contributed by atoms with E-state index in [9.17, 15) is 9.90 Å². The summed E-state index contributed by atoms with van der Waals surface area (Å²) in [7, 11) is 1.59. The van der Waals surface area contributed by atoms with Gasteiger partial charge in [0, 0.05) is 24.4 Å². The number of hydrogen-bond donors (Lipinski definition) is 4. The second-order valence-electron chi connectivity index (χ2n) is 7.46. The summed E-state index contributed by atoms with van der Waals surface area (Å²) in [6.45, 7) is 1.87. The number of carbonyl (C=O) groups is 1. The first-order chi connectivity index (χ1) is 15.5. The van der Waals surface area contributed by atoms with Gasteiger partial charge in [-0.2, -0.15) is 10.1 Å².